The van der Waals surface area contributed by atoms with E-state index in [4.69, 9.17) is 4.74 Å². The Balaban J connectivity index is 1.59. The summed E-state index contributed by atoms with van der Waals surface area (Å²) in [4.78, 5) is 16.7. The van der Waals surface area contributed by atoms with Gasteiger partial charge >= 0.3 is 0 Å². The van der Waals surface area contributed by atoms with Crippen LogP contribution in [-0.2, 0) is 23.1 Å². The quantitative estimate of drug-likeness (QED) is 0.723. The van der Waals surface area contributed by atoms with E-state index in [1.54, 1.807) is 4.31 Å². The van der Waals surface area contributed by atoms with Crippen molar-refractivity contribution in [1.82, 2.24) is 9.21 Å². The Morgan fingerprint density at radius 1 is 1.28 bits per heavy atom. The van der Waals surface area contributed by atoms with Gasteiger partial charge in [-0.15, -0.1) is 11.3 Å². The van der Waals surface area contributed by atoms with Gasteiger partial charge in [-0.2, -0.15) is 4.31 Å². The summed E-state index contributed by atoms with van der Waals surface area (Å²) in [5, 5.41) is 0. The normalized spacial score (nSPS) is 19.6. The molecule has 1 aromatic carbocycles. The first-order valence-electron chi connectivity index (χ1n) is 9.81. The fraction of sp³-hybridized carbons (Fsp3) is 0.476. The zero-order valence-corrected chi connectivity index (χ0v) is 18.6. The molecule has 1 fully saturated rings. The van der Waals surface area contributed by atoms with Crippen molar-refractivity contribution in [2.24, 2.45) is 0 Å². The van der Waals surface area contributed by atoms with Gasteiger partial charge in [-0.1, -0.05) is 6.07 Å². The van der Waals surface area contributed by atoms with Crippen LogP contribution in [-0.4, -0.2) is 48.5 Å². The monoisotopic (exact) mass is 434 g/mol. The number of carbonyl (C=O) groups excluding carboxylic acids is 1. The van der Waals surface area contributed by atoms with E-state index in [1.807, 2.05) is 49.1 Å². The second-order valence-electron chi connectivity index (χ2n) is 7.98. The Hall–Kier alpha value is -1.90. The molecule has 8 heteroatoms. The molecule has 0 bridgehead atoms. The summed E-state index contributed by atoms with van der Waals surface area (Å²) in [5.41, 5.74) is 1.83. The third kappa shape index (κ3) is 4.49. The molecule has 2 heterocycles. The number of sulfonamides is 1. The van der Waals surface area contributed by atoms with Gasteiger partial charge in [-0.3, -0.25) is 4.79 Å². The van der Waals surface area contributed by atoms with Crippen LogP contribution in [0.2, 0.25) is 0 Å². The minimum atomic E-state index is -3.26. The van der Waals surface area contributed by atoms with E-state index in [0.717, 1.165) is 39.5 Å². The van der Waals surface area contributed by atoms with Gasteiger partial charge in [0.25, 0.3) is 5.91 Å². The predicted octanol–water partition coefficient (Wildman–Crippen LogP) is 3.40. The van der Waals surface area contributed by atoms with Crippen molar-refractivity contribution in [3.8, 4) is 5.75 Å². The van der Waals surface area contributed by atoms with Crippen LogP contribution < -0.4 is 4.74 Å². The number of benzene rings is 1. The maximum atomic E-state index is 13.1. The molecular weight excluding hydrogens is 408 g/mol. The summed E-state index contributed by atoms with van der Waals surface area (Å²) in [6, 6.07) is 9.68. The number of ether oxygens (including phenoxy) is 1. The number of nitrogens with zero attached hydrogens (tertiary/aromatic N) is 2. The highest BCUT2D eigenvalue weighted by molar-refractivity contribution is 7.88. The fourth-order valence-electron chi connectivity index (χ4n) is 3.66. The van der Waals surface area contributed by atoms with Crippen LogP contribution in [0.3, 0.4) is 0 Å². The van der Waals surface area contributed by atoms with E-state index in [0.29, 0.717) is 19.7 Å². The lowest BCUT2D eigenvalue weighted by Gasteiger charge is -2.26. The molecular formula is C21H26N2O4S2. The van der Waals surface area contributed by atoms with Crippen molar-refractivity contribution in [3.63, 3.8) is 0 Å². The minimum Gasteiger partial charge on any atom is -0.491 e. The van der Waals surface area contributed by atoms with Gasteiger partial charge in [0.1, 0.15) is 12.4 Å². The van der Waals surface area contributed by atoms with Crippen molar-refractivity contribution >= 4 is 27.3 Å². The van der Waals surface area contributed by atoms with Gasteiger partial charge in [-0.05, 0) is 56.5 Å². The van der Waals surface area contributed by atoms with Crippen LogP contribution >= 0.6 is 11.3 Å². The molecule has 1 unspecified atom stereocenters. The van der Waals surface area contributed by atoms with Crippen LogP contribution in [0, 0.1) is 6.92 Å². The van der Waals surface area contributed by atoms with Crippen LogP contribution in [0.4, 0.5) is 0 Å². The Kier molecular flexibility index (Phi) is 5.44. The lowest BCUT2D eigenvalue weighted by molar-refractivity contribution is 0.0650. The van der Waals surface area contributed by atoms with E-state index in [-0.39, 0.29) is 18.0 Å². The average molecular weight is 435 g/mol. The number of hydrogen-bond donors (Lipinski definition) is 0. The molecule has 0 N–H and O–H groups in total. The minimum absolute atomic E-state index is 0.00759. The molecule has 2 aliphatic rings. The molecule has 1 aliphatic carbocycles. The first-order chi connectivity index (χ1) is 13.7. The molecule has 29 heavy (non-hydrogen) atoms. The standard InChI is InChI=1S/C21H26N2O4S2/c1-14-13-27-19-8-5-16(11-23(18-6-7-18)29(3,25)26)10-17(19)12-22(14)21(24)20-9-4-15(2)28-20/h4-5,8-10,14,18H,6-7,11-13H2,1-3H3. The highest BCUT2D eigenvalue weighted by atomic mass is 32.2. The number of fused-ring (bicyclic) bond motifs is 1. The van der Waals surface area contributed by atoms with Crippen molar-refractivity contribution in [1.29, 1.82) is 0 Å². The van der Waals surface area contributed by atoms with E-state index in [9.17, 15) is 13.2 Å². The molecule has 1 saturated carbocycles. The van der Waals surface area contributed by atoms with Crippen LogP contribution in [0.25, 0.3) is 0 Å². The fourth-order valence-corrected chi connectivity index (χ4v) is 5.62. The maximum Gasteiger partial charge on any atom is 0.264 e. The molecule has 156 valence electrons. The van der Waals surface area contributed by atoms with Crippen molar-refractivity contribution in [2.75, 3.05) is 12.9 Å². The number of thiophene rings is 1. The first-order valence-corrected chi connectivity index (χ1v) is 12.5. The summed E-state index contributed by atoms with van der Waals surface area (Å²) in [6.07, 6.45) is 3.10. The molecule has 6 nitrogen and oxygen atoms in total. The highest BCUT2D eigenvalue weighted by Crippen LogP contribution is 2.32. The number of carbonyl (C=O) groups is 1. The van der Waals surface area contributed by atoms with E-state index >= 15 is 0 Å². The Labute approximate surface area is 176 Å². The van der Waals surface area contributed by atoms with Crippen molar-refractivity contribution in [3.05, 3.63) is 51.2 Å². The molecule has 0 spiro atoms. The second-order valence-corrected chi connectivity index (χ2v) is 11.2. The summed E-state index contributed by atoms with van der Waals surface area (Å²) in [6.45, 7) is 5.21. The third-order valence-corrected chi connectivity index (χ3v) is 7.68. The second kappa shape index (κ2) is 7.74. The summed E-state index contributed by atoms with van der Waals surface area (Å²) in [7, 11) is -3.26. The molecule has 1 amide bonds. The maximum absolute atomic E-state index is 13.1. The molecule has 1 aliphatic heterocycles. The van der Waals surface area contributed by atoms with Crippen LogP contribution in [0.1, 0.15) is 45.4 Å². The van der Waals surface area contributed by atoms with E-state index < -0.39 is 10.0 Å². The molecule has 4 rings (SSSR count). The first kappa shape index (κ1) is 20.4. The molecule has 1 atom stereocenters. The molecule has 0 saturated heterocycles. The Bertz CT molecular complexity index is 1030. The van der Waals surface area contributed by atoms with Gasteiger partial charge in [0, 0.05) is 23.0 Å². The SMILES string of the molecule is Cc1ccc(C(=O)N2Cc3cc(CN(C4CC4)S(C)(=O)=O)ccc3OCC2C)s1. The van der Waals surface area contributed by atoms with Crippen molar-refractivity contribution in [2.45, 2.75) is 51.9 Å². The number of rotatable bonds is 5. The predicted molar refractivity (Wildman–Crippen MR) is 114 cm³/mol. The average Bonchev–Trinajstić information content (AvgIpc) is 3.43. The lowest BCUT2D eigenvalue weighted by atomic mass is 10.1. The van der Waals surface area contributed by atoms with Gasteiger partial charge in [0.2, 0.25) is 10.0 Å². The third-order valence-electron chi connectivity index (χ3n) is 5.41. The van der Waals surface area contributed by atoms with Gasteiger partial charge in [0.15, 0.2) is 0 Å². The zero-order valence-electron chi connectivity index (χ0n) is 16.9. The smallest absolute Gasteiger partial charge is 0.264 e. The highest BCUT2D eigenvalue weighted by Gasteiger charge is 2.35. The number of amides is 1. The summed E-state index contributed by atoms with van der Waals surface area (Å²) >= 11 is 1.50. The largest absolute Gasteiger partial charge is 0.491 e. The lowest BCUT2D eigenvalue weighted by Crippen LogP contribution is -2.39. The number of aryl methyl sites for hydroxylation is 1. The Morgan fingerprint density at radius 3 is 2.66 bits per heavy atom. The zero-order chi connectivity index (χ0) is 20.8. The van der Waals surface area contributed by atoms with Gasteiger partial charge < -0.3 is 9.64 Å². The van der Waals surface area contributed by atoms with Crippen LogP contribution in [0.15, 0.2) is 30.3 Å². The Morgan fingerprint density at radius 2 is 2.03 bits per heavy atom. The molecule has 1 aromatic heterocycles. The van der Waals surface area contributed by atoms with Crippen LogP contribution in [0.5, 0.6) is 5.75 Å². The topological polar surface area (TPSA) is 66.9 Å². The molecule has 2 aromatic rings. The van der Waals surface area contributed by atoms with Gasteiger partial charge in [-0.25, -0.2) is 8.42 Å². The molecule has 0 radical (unpaired) electrons. The van der Waals surface area contributed by atoms with E-state index in [1.165, 1.54) is 17.6 Å². The van der Waals surface area contributed by atoms with Gasteiger partial charge in [0.05, 0.1) is 23.7 Å². The summed E-state index contributed by atoms with van der Waals surface area (Å²) < 4.78 is 31.8. The van der Waals surface area contributed by atoms with Crippen molar-refractivity contribution < 1.29 is 17.9 Å². The summed E-state index contributed by atoms with van der Waals surface area (Å²) in [5.74, 6) is 0.767. The number of hydrogen-bond acceptors (Lipinski definition) is 5. The van der Waals surface area contributed by atoms with E-state index in [2.05, 4.69) is 0 Å².